The minimum absolute atomic E-state index is 0. The molecule has 1 aromatic carbocycles. The van der Waals surface area contributed by atoms with Crippen LogP contribution in [0.15, 0.2) is 34.9 Å². The van der Waals surface area contributed by atoms with Gasteiger partial charge in [-0.1, -0.05) is 12.1 Å². The summed E-state index contributed by atoms with van der Waals surface area (Å²) < 4.78 is 5.08. The van der Waals surface area contributed by atoms with E-state index in [4.69, 9.17) is 10.2 Å². The van der Waals surface area contributed by atoms with Crippen LogP contribution < -0.4 is 11.1 Å². The lowest BCUT2D eigenvalue weighted by molar-refractivity contribution is 0.102. The van der Waals surface area contributed by atoms with Crippen LogP contribution in [0.5, 0.6) is 0 Å². The summed E-state index contributed by atoms with van der Waals surface area (Å²) in [6.07, 6.45) is 3.86. The molecule has 3 rings (SSSR count). The first kappa shape index (κ1) is 20.4. The molecule has 1 aromatic heterocycles. The Bertz CT molecular complexity index is 657. The zero-order valence-corrected chi connectivity index (χ0v) is 14.9. The lowest BCUT2D eigenvalue weighted by Gasteiger charge is -2.15. The molecule has 24 heavy (non-hydrogen) atoms. The number of oxazole rings is 1. The van der Waals surface area contributed by atoms with Gasteiger partial charge in [0.05, 0.1) is 6.54 Å². The topological polar surface area (TPSA) is 84.4 Å². The third-order valence-electron chi connectivity index (χ3n) is 3.75. The Morgan fingerprint density at radius 2 is 2.04 bits per heavy atom. The van der Waals surface area contributed by atoms with Gasteiger partial charge in [-0.05, 0) is 43.6 Å². The highest BCUT2D eigenvalue weighted by Crippen LogP contribution is 2.16. The van der Waals surface area contributed by atoms with E-state index < -0.39 is 0 Å². The van der Waals surface area contributed by atoms with Crippen LogP contribution in [0.1, 0.15) is 34.8 Å². The van der Waals surface area contributed by atoms with Crippen LogP contribution in [0.25, 0.3) is 0 Å². The molecule has 2 heterocycles. The molecule has 1 aliphatic rings. The quantitative estimate of drug-likeness (QED) is 0.842. The molecule has 1 aliphatic heterocycles. The molecule has 1 saturated heterocycles. The number of nitrogens with one attached hydrogen (secondary N) is 1. The number of hydrogen-bond donors (Lipinski definition) is 2. The van der Waals surface area contributed by atoms with Crippen LogP contribution in [0.2, 0.25) is 0 Å². The Balaban J connectivity index is 0.00000144. The number of rotatable bonds is 5. The number of nitrogens with zero attached hydrogens (tertiary/aromatic N) is 2. The van der Waals surface area contributed by atoms with Gasteiger partial charge in [0.2, 0.25) is 5.89 Å². The van der Waals surface area contributed by atoms with Crippen molar-refractivity contribution in [2.45, 2.75) is 25.9 Å². The van der Waals surface area contributed by atoms with Crippen molar-refractivity contribution in [2.75, 3.05) is 18.4 Å². The maximum Gasteiger partial charge on any atom is 0.277 e. The van der Waals surface area contributed by atoms with E-state index in [1.807, 2.05) is 18.2 Å². The smallest absolute Gasteiger partial charge is 0.277 e. The number of amides is 1. The summed E-state index contributed by atoms with van der Waals surface area (Å²) in [5.41, 5.74) is 7.62. The average molecular weight is 373 g/mol. The monoisotopic (exact) mass is 372 g/mol. The fourth-order valence-electron chi connectivity index (χ4n) is 2.65. The summed E-state index contributed by atoms with van der Waals surface area (Å²) in [6, 6.07) is 7.90. The highest BCUT2D eigenvalue weighted by atomic mass is 35.5. The molecule has 0 saturated carbocycles. The Morgan fingerprint density at radius 1 is 1.29 bits per heavy atom. The molecule has 0 atom stereocenters. The average Bonchev–Trinajstić information content (AvgIpc) is 3.18. The van der Waals surface area contributed by atoms with Crippen molar-refractivity contribution in [3.8, 4) is 0 Å². The maximum absolute atomic E-state index is 12.1. The largest absolute Gasteiger partial charge is 0.447 e. The summed E-state index contributed by atoms with van der Waals surface area (Å²) in [6.45, 7) is 3.40. The molecule has 3 N–H and O–H groups in total. The minimum atomic E-state index is -0.290. The number of hydrogen-bond acceptors (Lipinski definition) is 5. The number of anilines is 1. The molecular formula is C16H22Cl2N4O2. The van der Waals surface area contributed by atoms with Crippen LogP contribution >= 0.6 is 24.8 Å². The number of carbonyl (C=O) groups excluding carboxylic acids is 1. The fraction of sp³-hybridized carbons (Fsp3) is 0.375. The van der Waals surface area contributed by atoms with Crippen molar-refractivity contribution in [3.05, 3.63) is 47.7 Å². The fourth-order valence-corrected chi connectivity index (χ4v) is 2.65. The molecule has 0 radical (unpaired) electrons. The van der Waals surface area contributed by atoms with Gasteiger partial charge in [-0.15, -0.1) is 24.8 Å². The lowest BCUT2D eigenvalue weighted by Crippen LogP contribution is -2.18. The number of halogens is 2. The SMILES string of the molecule is Cl.Cl.NCc1nc(C(=O)Nc2cccc(CN3CCCC3)c2)co1. The van der Waals surface area contributed by atoms with Crippen LogP contribution in [0.3, 0.4) is 0 Å². The van der Waals surface area contributed by atoms with Crippen LogP contribution in [-0.2, 0) is 13.1 Å². The van der Waals surface area contributed by atoms with Gasteiger partial charge in [-0.3, -0.25) is 9.69 Å². The molecule has 0 aliphatic carbocycles. The molecule has 8 heteroatoms. The molecule has 6 nitrogen and oxygen atoms in total. The second-order valence-corrected chi connectivity index (χ2v) is 5.47. The zero-order valence-electron chi connectivity index (χ0n) is 13.2. The maximum atomic E-state index is 12.1. The lowest BCUT2D eigenvalue weighted by atomic mass is 10.2. The number of benzene rings is 1. The highest BCUT2D eigenvalue weighted by Gasteiger charge is 2.14. The summed E-state index contributed by atoms with van der Waals surface area (Å²) in [7, 11) is 0. The van der Waals surface area contributed by atoms with Crippen molar-refractivity contribution in [1.82, 2.24) is 9.88 Å². The minimum Gasteiger partial charge on any atom is -0.447 e. The summed E-state index contributed by atoms with van der Waals surface area (Å²) in [5, 5.41) is 2.84. The first-order valence-electron chi connectivity index (χ1n) is 7.52. The van der Waals surface area contributed by atoms with Gasteiger partial charge in [0.15, 0.2) is 5.69 Å². The van der Waals surface area contributed by atoms with E-state index >= 15 is 0 Å². The molecule has 2 aromatic rings. The second kappa shape index (κ2) is 9.64. The van der Waals surface area contributed by atoms with Gasteiger partial charge in [-0.2, -0.15) is 0 Å². The van der Waals surface area contributed by atoms with Crippen molar-refractivity contribution in [3.63, 3.8) is 0 Å². The molecule has 0 spiro atoms. The van der Waals surface area contributed by atoms with E-state index in [1.165, 1.54) is 24.7 Å². The van der Waals surface area contributed by atoms with E-state index in [0.29, 0.717) is 5.89 Å². The van der Waals surface area contributed by atoms with E-state index in [0.717, 1.165) is 25.3 Å². The molecule has 0 bridgehead atoms. The third kappa shape index (κ3) is 5.21. The summed E-state index contributed by atoms with van der Waals surface area (Å²) in [4.78, 5) is 18.6. The number of nitrogens with two attached hydrogens (primary N) is 1. The Morgan fingerprint density at radius 3 is 2.71 bits per heavy atom. The summed E-state index contributed by atoms with van der Waals surface area (Å²) >= 11 is 0. The first-order valence-corrected chi connectivity index (χ1v) is 7.52. The van der Waals surface area contributed by atoms with Crippen molar-refractivity contribution in [2.24, 2.45) is 5.73 Å². The van der Waals surface area contributed by atoms with Gasteiger partial charge >= 0.3 is 0 Å². The molecule has 0 unspecified atom stereocenters. The van der Waals surface area contributed by atoms with Crippen LogP contribution in [-0.4, -0.2) is 28.9 Å². The molecule has 132 valence electrons. The van der Waals surface area contributed by atoms with Gasteiger partial charge in [0, 0.05) is 12.2 Å². The van der Waals surface area contributed by atoms with Gasteiger partial charge < -0.3 is 15.5 Å². The molecule has 1 fully saturated rings. The molecular weight excluding hydrogens is 351 g/mol. The summed E-state index contributed by atoms with van der Waals surface area (Å²) in [5.74, 6) is 0.0645. The van der Waals surface area contributed by atoms with Crippen LogP contribution in [0.4, 0.5) is 5.69 Å². The van der Waals surface area contributed by atoms with Crippen molar-refractivity contribution < 1.29 is 9.21 Å². The first-order chi connectivity index (χ1) is 10.7. The predicted molar refractivity (Wildman–Crippen MR) is 97.8 cm³/mol. The number of likely N-dealkylation sites (tertiary alicyclic amines) is 1. The van der Waals surface area contributed by atoms with Gasteiger partial charge in [0.25, 0.3) is 5.91 Å². The van der Waals surface area contributed by atoms with Crippen molar-refractivity contribution in [1.29, 1.82) is 0 Å². The highest BCUT2D eigenvalue weighted by molar-refractivity contribution is 6.02. The Labute approximate surface area is 153 Å². The van der Waals surface area contributed by atoms with Crippen LogP contribution in [0, 0.1) is 0 Å². The number of aromatic nitrogens is 1. The van der Waals surface area contributed by atoms with Gasteiger partial charge in [-0.25, -0.2) is 4.98 Å². The normalized spacial score (nSPS) is 13.9. The van der Waals surface area contributed by atoms with Crippen molar-refractivity contribution >= 4 is 36.4 Å². The number of carbonyl (C=O) groups is 1. The second-order valence-electron chi connectivity index (χ2n) is 5.47. The predicted octanol–water partition coefficient (Wildman–Crippen LogP) is 2.83. The Hall–Kier alpha value is -1.60. The van der Waals surface area contributed by atoms with E-state index in [-0.39, 0.29) is 43.0 Å². The third-order valence-corrected chi connectivity index (χ3v) is 3.75. The zero-order chi connectivity index (χ0) is 15.4. The van der Waals surface area contributed by atoms with E-state index in [1.54, 1.807) is 0 Å². The standard InChI is InChI=1S/C16H20N4O2.2ClH/c17-9-15-19-14(11-22-15)16(21)18-13-5-3-4-12(8-13)10-20-6-1-2-7-20;;/h3-5,8,11H,1-2,6-7,9-10,17H2,(H,18,21);2*1H. The molecule has 1 amide bonds. The Kier molecular flexibility index (Phi) is 8.21. The van der Waals surface area contributed by atoms with E-state index in [9.17, 15) is 4.79 Å². The van der Waals surface area contributed by atoms with E-state index in [2.05, 4.69) is 21.3 Å². The van der Waals surface area contributed by atoms with Gasteiger partial charge in [0.1, 0.15) is 6.26 Å².